The fourth-order valence-corrected chi connectivity index (χ4v) is 1.28. The number of rotatable bonds is 3. The minimum absolute atomic E-state index is 0.0472. The van der Waals surface area contributed by atoms with Crippen LogP contribution in [0.25, 0.3) is 0 Å². The smallest absolute Gasteiger partial charge is 0.249 e. The third-order valence-corrected chi connectivity index (χ3v) is 2.60. The van der Waals surface area contributed by atoms with Gasteiger partial charge in [0.1, 0.15) is 0 Å². The average Bonchev–Trinajstić information content (AvgIpc) is 2.76. The molecule has 70 valence electrons. The van der Waals surface area contributed by atoms with E-state index in [0.717, 1.165) is 6.42 Å². The Bertz CT molecular complexity index is 195. The standard InChI is InChI=1S/C8H15NO3/c1-8(5-10)4-6(8)7(11)9(2)12-3/h6,10H,4-5H2,1-3H3/t6-,8+/m1/s1. The summed E-state index contributed by atoms with van der Waals surface area (Å²) in [5.74, 6) is -0.110. The van der Waals surface area contributed by atoms with Gasteiger partial charge < -0.3 is 5.11 Å². The van der Waals surface area contributed by atoms with Gasteiger partial charge in [0.15, 0.2) is 0 Å². The van der Waals surface area contributed by atoms with E-state index in [1.807, 2.05) is 6.92 Å². The van der Waals surface area contributed by atoms with Crippen LogP contribution in [0.15, 0.2) is 0 Å². The lowest BCUT2D eigenvalue weighted by Crippen LogP contribution is -2.29. The monoisotopic (exact) mass is 173 g/mol. The van der Waals surface area contributed by atoms with E-state index in [1.54, 1.807) is 7.05 Å². The fraction of sp³-hybridized carbons (Fsp3) is 0.875. The van der Waals surface area contributed by atoms with Gasteiger partial charge in [-0.3, -0.25) is 9.63 Å². The lowest BCUT2D eigenvalue weighted by atomic mass is 10.1. The van der Waals surface area contributed by atoms with Crippen molar-refractivity contribution in [2.45, 2.75) is 13.3 Å². The van der Waals surface area contributed by atoms with Crippen LogP contribution in [-0.4, -0.2) is 36.8 Å². The molecule has 0 aromatic heterocycles. The van der Waals surface area contributed by atoms with Gasteiger partial charge in [-0.15, -0.1) is 0 Å². The number of hydrogen-bond acceptors (Lipinski definition) is 3. The van der Waals surface area contributed by atoms with E-state index in [2.05, 4.69) is 0 Å². The summed E-state index contributed by atoms with van der Waals surface area (Å²) in [6.07, 6.45) is 0.760. The number of aliphatic hydroxyl groups is 1. The van der Waals surface area contributed by atoms with E-state index >= 15 is 0 Å². The Labute approximate surface area is 72.1 Å². The van der Waals surface area contributed by atoms with Gasteiger partial charge in [0.2, 0.25) is 5.91 Å². The van der Waals surface area contributed by atoms with E-state index in [9.17, 15) is 4.79 Å². The molecule has 0 radical (unpaired) electrons. The van der Waals surface area contributed by atoms with E-state index in [1.165, 1.54) is 12.2 Å². The van der Waals surface area contributed by atoms with Crippen molar-refractivity contribution in [3.8, 4) is 0 Å². The van der Waals surface area contributed by atoms with Gasteiger partial charge in [0.05, 0.1) is 7.11 Å². The summed E-state index contributed by atoms with van der Waals surface area (Å²) in [7, 11) is 3.04. The summed E-state index contributed by atoms with van der Waals surface area (Å²) < 4.78 is 0. The fourth-order valence-electron chi connectivity index (χ4n) is 1.28. The molecule has 1 N–H and O–H groups in total. The largest absolute Gasteiger partial charge is 0.396 e. The first kappa shape index (κ1) is 9.48. The zero-order valence-corrected chi connectivity index (χ0v) is 7.70. The Morgan fingerprint density at radius 2 is 2.42 bits per heavy atom. The van der Waals surface area contributed by atoms with Gasteiger partial charge in [-0.2, -0.15) is 0 Å². The molecule has 0 unspecified atom stereocenters. The zero-order chi connectivity index (χ0) is 9.35. The minimum atomic E-state index is -0.204. The summed E-state index contributed by atoms with van der Waals surface area (Å²) in [4.78, 5) is 16.2. The first-order valence-corrected chi connectivity index (χ1v) is 3.97. The molecule has 1 saturated carbocycles. The third-order valence-electron chi connectivity index (χ3n) is 2.60. The lowest BCUT2D eigenvalue weighted by Gasteiger charge is -2.14. The molecular formula is C8H15NO3. The summed E-state index contributed by atoms with van der Waals surface area (Å²) in [6.45, 7) is 1.97. The highest BCUT2D eigenvalue weighted by Crippen LogP contribution is 2.52. The van der Waals surface area contributed by atoms with Crippen molar-refractivity contribution < 1.29 is 14.7 Å². The topological polar surface area (TPSA) is 49.8 Å². The molecule has 4 nitrogen and oxygen atoms in total. The maximum atomic E-state index is 11.4. The average molecular weight is 173 g/mol. The summed E-state index contributed by atoms with van der Waals surface area (Å²) >= 11 is 0. The van der Waals surface area contributed by atoms with Crippen LogP contribution < -0.4 is 0 Å². The number of carbonyl (C=O) groups is 1. The molecule has 1 aliphatic carbocycles. The highest BCUT2D eigenvalue weighted by atomic mass is 16.7. The molecule has 1 aliphatic rings. The minimum Gasteiger partial charge on any atom is -0.396 e. The number of nitrogens with zero attached hydrogens (tertiary/aromatic N) is 1. The van der Waals surface area contributed by atoms with Gasteiger partial charge in [-0.05, 0) is 6.42 Å². The molecule has 0 aliphatic heterocycles. The Morgan fingerprint density at radius 3 is 2.75 bits per heavy atom. The molecular weight excluding hydrogens is 158 g/mol. The molecule has 1 rings (SSSR count). The van der Waals surface area contributed by atoms with Crippen LogP contribution in [0.2, 0.25) is 0 Å². The SMILES string of the molecule is CON(C)C(=O)[C@H]1C[C@@]1(C)CO. The van der Waals surface area contributed by atoms with Crippen molar-refractivity contribution in [2.75, 3.05) is 20.8 Å². The Morgan fingerprint density at radius 1 is 1.83 bits per heavy atom. The highest BCUT2D eigenvalue weighted by Gasteiger charge is 2.55. The second-order valence-electron chi connectivity index (χ2n) is 3.59. The van der Waals surface area contributed by atoms with Crippen LogP contribution in [0.1, 0.15) is 13.3 Å². The molecule has 0 aromatic carbocycles. The van der Waals surface area contributed by atoms with Gasteiger partial charge >= 0.3 is 0 Å². The van der Waals surface area contributed by atoms with Gasteiger partial charge in [0, 0.05) is 25.0 Å². The van der Waals surface area contributed by atoms with E-state index < -0.39 is 0 Å². The summed E-state index contributed by atoms with van der Waals surface area (Å²) in [6, 6.07) is 0. The second kappa shape index (κ2) is 3.03. The highest BCUT2D eigenvalue weighted by molar-refractivity contribution is 5.81. The van der Waals surface area contributed by atoms with Crippen molar-refractivity contribution in [1.29, 1.82) is 0 Å². The van der Waals surface area contributed by atoms with Crippen LogP contribution in [-0.2, 0) is 9.63 Å². The quantitative estimate of drug-likeness (QED) is 0.612. The molecule has 0 saturated heterocycles. The number of amides is 1. The van der Waals surface area contributed by atoms with E-state index in [4.69, 9.17) is 9.94 Å². The van der Waals surface area contributed by atoms with Crippen molar-refractivity contribution in [2.24, 2.45) is 11.3 Å². The predicted octanol–water partition coefficient (Wildman–Crippen LogP) is 0.0247. The number of carbonyl (C=O) groups excluding carboxylic acids is 1. The predicted molar refractivity (Wildman–Crippen MR) is 43.1 cm³/mol. The maximum absolute atomic E-state index is 11.4. The van der Waals surface area contributed by atoms with Crippen molar-refractivity contribution in [1.82, 2.24) is 5.06 Å². The van der Waals surface area contributed by atoms with Crippen LogP contribution in [0.4, 0.5) is 0 Å². The molecule has 1 amide bonds. The van der Waals surface area contributed by atoms with Crippen LogP contribution in [0.3, 0.4) is 0 Å². The second-order valence-corrected chi connectivity index (χ2v) is 3.59. The Kier molecular flexibility index (Phi) is 2.39. The lowest BCUT2D eigenvalue weighted by molar-refractivity contribution is -0.171. The van der Waals surface area contributed by atoms with Gasteiger partial charge in [-0.1, -0.05) is 6.92 Å². The molecule has 1 fully saturated rings. The van der Waals surface area contributed by atoms with Gasteiger partial charge in [-0.25, -0.2) is 5.06 Å². The third kappa shape index (κ3) is 1.44. The van der Waals surface area contributed by atoms with E-state index in [-0.39, 0.29) is 23.8 Å². The van der Waals surface area contributed by atoms with E-state index in [0.29, 0.717) is 0 Å². The molecule has 0 heterocycles. The molecule has 0 spiro atoms. The molecule has 0 bridgehead atoms. The number of hydrogen-bond donors (Lipinski definition) is 1. The number of hydroxylamine groups is 2. The van der Waals surface area contributed by atoms with Crippen LogP contribution in [0.5, 0.6) is 0 Å². The normalized spacial score (nSPS) is 33.2. The van der Waals surface area contributed by atoms with Crippen molar-refractivity contribution in [3.63, 3.8) is 0 Å². The zero-order valence-electron chi connectivity index (χ0n) is 7.70. The Balaban J connectivity index is 2.48. The van der Waals surface area contributed by atoms with Crippen LogP contribution in [0, 0.1) is 11.3 Å². The van der Waals surface area contributed by atoms with Gasteiger partial charge in [0.25, 0.3) is 0 Å². The maximum Gasteiger partial charge on any atom is 0.249 e. The van der Waals surface area contributed by atoms with Crippen molar-refractivity contribution >= 4 is 5.91 Å². The molecule has 0 aromatic rings. The first-order valence-electron chi connectivity index (χ1n) is 3.97. The van der Waals surface area contributed by atoms with Crippen LogP contribution >= 0.6 is 0 Å². The molecule has 12 heavy (non-hydrogen) atoms. The first-order chi connectivity index (χ1) is 5.55. The molecule has 2 atom stereocenters. The van der Waals surface area contributed by atoms with Crippen molar-refractivity contribution in [3.05, 3.63) is 0 Å². The summed E-state index contributed by atoms with van der Waals surface area (Å²) in [5.41, 5.74) is -0.204. The number of aliphatic hydroxyl groups excluding tert-OH is 1. The summed E-state index contributed by atoms with van der Waals surface area (Å²) in [5, 5.41) is 10.1. The Hall–Kier alpha value is -0.610. The molecule has 4 heteroatoms.